The molecule has 2 rings (SSSR count). The second-order valence-corrected chi connectivity index (χ2v) is 6.42. The monoisotopic (exact) mass is 319 g/mol. The molecule has 0 aromatic heterocycles. The summed E-state index contributed by atoms with van der Waals surface area (Å²) in [6, 6.07) is 11.1. The van der Waals surface area contributed by atoms with Crippen molar-refractivity contribution in [3.63, 3.8) is 0 Å². The molecule has 1 amide bonds. The molecule has 5 nitrogen and oxygen atoms in total. The smallest absolute Gasteiger partial charge is 0.339 e. The first kappa shape index (κ1) is 16.0. The molecule has 2 aromatic rings. The number of hydrogen-bond donors (Lipinski definition) is 1. The summed E-state index contributed by atoms with van der Waals surface area (Å²) in [5.41, 5.74) is 1.88. The Morgan fingerprint density at radius 3 is 2.27 bits per heavy atom. The largest absolute Gasteiger partial charge is 0.379 e. The molecule has 0 saturated heterocycles. The van der Waals surface area contributed by atoms with Crippen LogP contribution in [-0.4, -0.2) is 21.4 Å². The Morgan fingerprint density at radius 2 is 1.68 bits per heavy atom. The molecule has 0 bridgehead atoms. The van der Waals surface area contributed by atoms with Gasteiger partial charge in [0.25, 0.3) is 5.91 Å². The van der Waals surface area contributed by atoms with Crippen LogP contribution in [0.1, 0.15) is 21.5 Å². The highest BCUT2D eigenvalue weighted by Crippen LogP contribution is 2.22. The number of nitrogens with one attached hydrogen (secondary N) is 1. The second-order valence-electron chi connectivity index (χ2n) is 4.91. The number of benzene rings is 2. The van der Waals surface area contributed by atoms with Crippen LogP contribution in [0, 0.1) is 13.8 Å². The molecule has 0 aliphatic heterocycles. The maximum Gasteiger partial charge on any atom is 0.339 e. The highest BCUT2D eigenvalue weighted by Gasteiger charge is 2.19. The lowest BCUT2D eigenvalue weighted by molar-refractivity contribution is 0.0963. The van der Waals surface area contributed by atoms with E-state index in [2.05, 4.69) is 5.32 Å². The van der Waals surface area contributed by atoms with Crippen LogP contribution in [0.4, 0.5) is 0 Å². The molecule has 0 fully saturated rings. The summed E-state index contributed by atoms with van der Waals surface area (Å²) < 4.78 is 29.8. The van der Waals surface area contributed by atoms with Gasteiger partial charge in [-0.3, -0.25) is 4.79 Å². The van der Waals surface area contributed by atoms with Crippen molar-refractivity contribution in [1.29, 1.82) is 0 Å². The summed E-state index contributed by atoms with van der Waals surface area (Å²) >= 11 is 0. The van der Waals surface area contributed by atoms with Gasteiger partial charge in [-0.25, -0.2) is 0 Å². The van der Waals surface area contributed by atoms with E-state index in [1.807, 2.05) is 13.0 Å². The number of carbonyl (C=O) groups is 1. The number of hydrogen-bond acceptors (Lipinski definition) is 4. The number of aryl methyl sites for hydroxylation is 2. The predicted molar refractivity (Wildman–Crippen MR) is 83.6 cm³/mol. The minimum Gasteiger partial charge on any atom is -0.379 e. The molecule has 0 atom stereocenters. The zero-order chi connectivity index (χ0) is 16.3. The number of carbonyl (C=O) groups excluding carboxylic acids is 1. The average molecular weight is 319 g/mol. The molecule has 0 unspecified atom stereocenters. The normalized spacial score (nSPS) is 11.0. The van der Waals surface area contributed by atoms with E-state index in [0.717, 1.165) is 5.56 Å². The van der Waals surface area contributed by atoms with Gasteiger partial charge in [-0.05, 0) is 55.3 Å². The Morgan fingerprint density at radius 1 is 1.05 bits per heavy atom. The molecule has 2 aromatic carbocycles. The van der Waals surface area contributed by atoms with Crippen molar-refractivity contribution >= 4 is 16.0 Å². The van der Waals surface area contributed by atoms with Crippen LogP contribution in [-0.2, 0) is 10.1 Å². The van der Waals surface area contributed by atoms with Crippen molar-refractivity contribution in [2.75, 3.05) is 7.05 Å². The van der Waals surface area contributed by atoms with Crippen LogP contribution in [0.2, 0.25) is 0 Å². The summed E-state index contributed by atoms with van der Waals surface area (Å²) in [5, 5.41) is 2.49. The van der Waals surface area contributed by atoms with Crippen molar-refractivity contribution in [3.8, 4) is 5.75 Å². The van der Waals surface area contributed by atoms with E-state index < -0.39 is 10.1 Å². The fraction of sp³-hybridized carbons (Fsp3) is 0.188. The first-order valence-electron chi connectivity index (χ1n) is 6.67. The third-order valence-electron chi connectivity index (χ3n) is 3.16. The molecular formula is C16H17NO4S. The van der Waals surface area contributed by atoms with Crippen LogP contribution in [0.25, 0.3) is 0 Å². The highest BCUT2D eigenvalue weighted by atomic mass is 32.2. The van der Waals surface area contributed by atoms with Crippen LogP contribution in [0.5, 0.6) is 5.75 Å². The van der Waals surface area contributed by atoms with E-state index in [0.29, 0.717) is 11.1 Å². The fourth-order valence-corrected chi connectivity index (χ4v) is 3.20. The molecule has 0 heterocycles. The van der Waals surface area contributed by atoms with Gasteiger partial charge in [0.15, 0.2) is 0 Å². The molecule has 6 heteroatoms. The fourth-order valence-electron chi connectivity index (χ4n) is 1.95. The van der Waals surface area contributed by atoms with Crippen molar-refractivity contribution < 1.29 is 17.4 Å². The Kier molecular flexibility index (Phi) is 4.51. The van der Waals surface area contributed by atoms with Crippen molar-refractivity contribution in [3.05, 3.63) is 59.2 Å². The number of amides is 1. The van der Waals surface area contributed by atoms with E-state index >= 15 is 0 Å². The first-order chi connectivity index (χ1) is 10.3. The minimum atomic E-state index is -3.91. The molecule has 0 saturated carbocycles. The first-order valence-corrected chi connectivity index (χ1v) is 8.08. The molecule has 0 aliphatic rings. The van der Waals surface area contributed by atoms with Crippen molar-refractivity contribution in [2.24, 2.45) is 0 Å². The minimum absolute atomic E-state index is 0.142. The second kappa shape index (κ2) is 6.19. The highest BCUT2D eigenvalue weighted by molar-refractivity contribution is 7.87. The molecule has 116 valence electrons. The van der Waals surface area contributed by atoms with Gasteiger partial charge in [0.1, 0.15) is 10.6 Å². The maximum atomic E-state index is 12.3. The zero-order valence-electron chi connectivity index (χ0n) is 12.6. The SMILES string of the molecule is CNC(=O)c1ccc(OS(=O)(=O)c2cc(C)ccc2C)cc1. The lowest BCUT2D eigenvalue weighted by atomic mass is 10.2. The third-order valence-corrected chi connectivity index (χ3v) is 4.55. The topological polar surface area (TPSA) is 72.5 Å². The van der Waals surface area contributed by atoms with Crippen molar-refractivity contribution in [2.45, 2.75) is 18.7 Å². The molecule has 22 heavy (non-hydrogen) atoms. The Bertz CT molecular complexity index is 795. The van der Waals surface area contributed by atoms with Gasteiger partial charge in [0.2, 0.25) is 0 Å². The Labute approximate surface area is 130 Å². The van der Waals surface area contributed by atoms with Gasteiger partial charge in [-0.15, -0.1) is 0 Å². The summed E-state index contributed by atoms with van der Waals surface area (Å²) in [4.78, 5) is 11.6. The zero-order valence-corrected chi connectivity index (χ0v) is 13.4. The Hall–Kier alpha value is -2.34. The number of rotatable bonds is 4. The van der Waals surface area contributed by atoms with Crippen LogP contribution in [0.3, 0.4) is 0 Å². The lowest BCUT2D eigenvalue weighted by Crippen LogP contribution is -2.17. The third kappa shape index (κ3) is 3.46. The molecule has 0 aliphatic carbocycles. The van der Waals surface area contributed by atoms with Gasteiger partial charge in [0.05, 0.1) is 0 Å². The summed E-state index contributed by atoms with van der Waals surface area (Å²) in [6.45, 7) is 3.53. The molecule has 0 radical (unpaired) electrons. The van der Waals surface area contributed by atoms with E-state index in [-0.39, 0.29) is 16.6 Å². The van der Waals surface area contributed by atoms with Gasteiger partial charge < -0.3 is 9.50 Å². The maximum absolute atomic E-state index is 12.3. The van der Waals surface area contributed by atoms with Gasteiger partial charge in [0, 0.05) is 12.6 Å². The molecule has 1 N–H and O–H groups in total. The quantitative estimate of drug-likeness (QED) is 0.879. The summed E-state index contributed by atoms with van der Waals surface area (Å²) in [6.07, 6.45) is 0. The van der Waals surface area contributed by atoms with E-state index in [1.165, 1.54) is 31.3 Å². The summed E-state index contributed by atoms with van der Waals surface area (Å²) in [7, 11) is -2.38. The van der Waals surface area contributed by atoms with Crippen LogP contribution >= 0.6 is 0 Å². The van der Waals surface area contributed by atoms with E-state index in [4.69, 9.17) is 4.18 Å². The molecule has 0 spiro atoms. The van der Waals surface area contributed by atoms with Crippen LogP contribution in [0.15, 0.2) is 47.4 Å². The van der Waals surface area contributed by atoms with E-state index in [1.54, 1.807) is 19.1 Å². The van der Waals surface area contributed by atoms with E-state index in [9.17, 15) is 13.2 Å². The average Bonchev–Trinajstić information content (AvgIpc) is 2.49. The standard InChI is InChI=1S/C16H17NO4S/c1-11-4-5-12(2)15(10-11)22(19,20)21-14-8-6-13(7-9-14)16(18)17-3/h4-10H,1-3H3,(H,17,18). The summed E-state index contributed by atoms with van der Waals surface area (Å²) in [5.74, 6) is -0.0857. The predicted octanol–water partition coefficient (Wildman–Crippen LogP) is 2.43. The lowest BCUT2D eigenvalue weighted by Gasteiger charge is -2.10. The molecular weight excluding hydrogens is 302 g/mol. The van der Waals surface area contributed by atoms with Crippen LogP contribution < -0.4 is 9.50 Å². The Balaban J connectivity index is 2.29. The van der Waals surface area contributed by atoms with Gasteiger partial charge in [-0.2, -0.15) is 8.42 Å². The van der Waals surface area contributed by atoms with Crippen molar-refractivity contribution in [1.82, 2.24) is 5.32 Å². The van der Waals surface area contributed by atoms with Gasteiger partial charge >= 0.3 is 10.1 Å². The van der Waals surface area contributed by atoms with Gasteiger partial charge in [-0.1, -0.05) is 12.1 Å².